The maximum atomic E-state index is 13.6. The van der Waals surface area contributed by atoms with Gasteiger partial charge in [0.25, 0.3) is 0 Å². The van der Waals surface area contributed by atoms with Crippen molar-refractivity contribution in [3.63, 3.8) is 0 Å². The monoisotopic (exact) mass is 557 g/mol. The fourth-order valence-corrected chi connectivity index (χ4v) is 3.39. The normalized spacial score (nSPS) is 12.3. The number of halogens is 3. The standard InChI is InChI=1S/C24H30F3N5O7/c1-23(2,3)39-22(37)30-11-18(34)28-10-17(33)29-12-19(35)31-16(21(36)38-4)9-14-13-7-5-6-8-15(13)32-20(14)24(25,26)27/h5-8,16,32H,9-12H2,1-4H3,(H,28,34)(H,29,33)(H,30,37)(H,31,35)/t16-/m0/s1. The van der Waals surface area contributed by atoms with Gasteiger partial charge in [-0.25, -0.2) is 9.59 Å². The molecule has 15 heteroatoms. The summed E-state index contributed by atoms with van der Waals surface area (Å²) >= 11 is 0. The number of nitrogens with one attached hydrogen (secondary N) is 5. The van der Waals surface area contributed by atoms with Crippen LogP contribution in [0.3, 0.4) is 0 Å². The lowest BCUT2D eigenvalue weighted by Crippen LogP contribution is -2.48. The van der Waals surface area contributed by atoms with Crippen LogP contribution in [0.4, 0.5) is 18.0 Å². The third kappa shape index (κ3) is 9.83. The first-order valence-corrected chi connectivity index (χ1v) is 11.6. The summed E-state index contributed by atoms with van der Waals surface area (Å²) in [6, 6.07) is 4.49. The molecule has 39 heavy (non-hydrogen) atoms. The summed E-state index contributed by atoms with van der Waals surface area (Å²) in [6.07, 6.45) is -6.11. The number of benzene rings is 1. The van der Waals surface area contributed by atoms with Gasteiger partial charge in [0.2, 0.25) is 17.7 Å². The van der Waals surface area contributed by atoms with Gasteiger partial charge in [-0.2, -0.15) is 13.2 Å². The Morgan fingerprint density at radius 1 is 0.897 bits per heavy atom. The molecule has 1 heterocycles. The summed E-state index contributed by atoms with van der Waals surface area (Å²) in [5.74, 6) is -3.35. The molecule has 2 rings (SSSR count). The summed E-state index contributed by atoms with van der Waals surface area (Å²) in [6.45, 7) is 3.29. The predicted molar refractivity (Wildman–Crippen MR) is 131 cm³/mol. The van der Waals surface area contributed by atoms with Crippen LogP contribution in [0.25, 0.3) is 10.9 Å². The van der Waals surface area contributed by atoms with Crippen molar-refractivity contribution in [2.24, 2.45) is 0 Å². The van der Waals surface area contributed by atoms with E-state index in [0.717, 1.165) is 7.11 Å². The number of alkyl halides is 3. The smallest absolute Gasteiger partial charge is 0.431 e. The number of fused-ring (bicyclic) bond motifs is 1. The number of aromatic nitrogens is 1. The van der Waals surface area contributed by atoms with Gasteiger partial charge in [-0.05, 0) is 32.4 Å². The van der Waals surface area contributed by atoms with E-state index in [9.17, 15) is 37.1 Å². The van der Waals surface area contributed by atoms with Crippen molar-refractivity contribution in [3.05, 3.63) is 35.5 Å². The van der Waals surface area contributed by atoms with Crippen LogP contribution in [0.5, 0.6) is 0 Å². The molecule has 5 N–H and O–H groups in total. The molecule has 1 atom stereocenters. The van der Waals surface area contributed by atoms with Crippen LogP contribution in [0.1, 0.15) is 32.0 Å². The first-order valence-electron chi connectivity index (χ1n) is 11.6. The quantitative estimate of drug-likeness (QED) is 0.273. The highest BCUT2D eigenvalue weighted by Crippen LogP contribution is 2.36. The summed E-state index contributed by atoms with van der Waals surface area (Å²) in [7, 11) is 1.02. The van der Waals surface area contributed by atoms with Gasteiger partial charge in [-0.15, -0.1) is 0 Å². The molecule has 0 saturated heterocycles. The van der Waals surface area contributed by atoms with Crippen LogP contribution in [0, 0.1) is 0 Å². The zero-order valence-corrected chi connectivity index (χ0v) is 21.7. The van der Waals surface area contributed by atoms with Gasteiger partial charge in [-0.3, -0.25) is 14.4 Å². The number of hydrogen-bond donors (Lipinski definition) is 5. The van der Waals surface area contributed by atoms with Crippen LogP contribution in [-0.2, 0) is 41.2 Å². The number of ether oxygens (including phenoxy) is 2. The fraction of sp³-hybridized carbons (Fsp3) is 0.458. The topological polar surface area (TPSA) is 168 Å². The maximum absolute atomic E-state index is 13.6. The molecule has 0 unspecified atom stereocenters. The van der Waals surface area contributed by atoms with Crippen molar-refractivity contribution >= 4 is 40.7 Å². The molecule has 0 bridgehead atoms. The lowest BCUT2D eigenvalue weighted by molar-refractivity contribution is -0.146. The van der Waals surface area contributed by atoms with E-state index in [-0.39, 0.29) is 16.5 Å². The van der Waals surface area contributed by atoms with Gasteiger partial charge in [0, 0.05) is 17.3 Å². The van der Waals surface area contributed by atoms with Crippen molar-refractivity contribution < 1.29 is 46.6 Å². The molecule has 0 aliphatic carbocycles. The molecular formula is C24H30F3N5O7. The largest absolute Gasteiger partial charge is 0.467 e. The second kappa shape index (κ2) is 13.0. The van der Waals surface area contributed by atoms with Crippen LogP contribution < -0.4 is 21.3 Å². The van der Waals surface area contributed by atoms with E-state index in [0.29, 0.717) is 0 Å². The van der Waals surface area contributed by atoms with Crippen LogP contribution in [-0.4, -0.2) is 73.2 Å². The van der Waals surface area contributed by atoms with Gasteiger partial charge in [0.1, 0.15) is 23.9 Å². The SMILES string of the molecule is COC(=O)[C@H](Cc1c(C(F)(F)F)[nH]c2ccccc12)NC(=O)CNC(=O)CNC(=O)CNC(=O)OC(C)(C)C. The average molecular weight is 558 g/mol. The third-order valence-corrected chi connectivity index (χ3v) is 5.01. The number of amides is 4. The minimum atomic E-state index is -4.75. The van der Waals surface area contributed by atoms with Crippen molar-refractivity contribution in [1.82, 2.24) is 26.3 Å². The summed E-state index contributed by atoms with van der Waals surface area (Å²) in [5.41, 5.74) is -1.85. The van der Waals surface area contributed by atoms with E-state index >= 15 is 0 Å². The van der Waals surface area contributed by atoms with Crippen molar-refractivity contribution in [2.75, 3.05) is 26.7 Å². The Morgan fingerprint density at radius 3 is 2.03 bits per heavy atom. The lowest BCUT2D eigenvalue weighted by Gasteiger charge is -2.19. The van der Waals surface area contributed by atoms with E-state index < -0.39 is 79.4 Å². The van der Waals surface area contributed by atoms with Crippen molar-refractivity contribution in [2.45, 2.75) is 45.0 Å². The summed E-state index contributed by atoms with van der Waals surface area (Å²) in [4.78, 5) is 62.2. The zero-order chi connectivity index (χ0) is 29.4. The number of aromatic amines is 1. The molecule has 1 aromatic heterocycles. The molecule has 1 aromatic carbocycles. The molecule has 4 amide bonds. The summed E-state index contributed by atoms with van der Waals surface area (Å²) in [5, 5.41) is 9.12. The molecular weight excluding hydrogens is 527 g/mol. The molecule has 12 nitrogen and oxygen atoms in total. The highest BCUT2D eigenvalue weighted by atomic mass is 19.4. The Morgan fingerprint density at radius 2 is 1.46 bits per heavy atom. The number of hydrogen-bond acceptors (Lipinski definition) is 7. The molecule has 0 saturated carbocycles. The number of esters is 1. The average Bonchev–Trinajstić information content (AvgIpc) is 3.22. The number of alkyl carbamates (subject to hydrolysis) is 1. The van der Waals surface area contributed by atoms with Gasteiger partial charge in [-0.1, -0.05) is 18.2 Å². The highest BCUT2D eigenvalue weighted by molar-refractivity contribution is 5.91. The van der Waals surface area contributed by atoms with E-state index in [1.807, 2.05) is 0 Å². The first-order chi connectivity index (χ1) is 18.1. The van der Waals surface area contributed by atoms with Crippen LogP contribution >= 0.6 is 0 Å². The lowest BCUT2D eigenvalue weighted by atomic mass is 10.0. The molecule has 0 fully saturated rings. The number of carbonyl (C=O) groups excluding carboxylic acids is 5. The van der Waals surface area contributed by atoms with Crippen LogP contribution in [0.15, 0.2) is 24.3 Å². The third-order valence-electron chi connectivity index (χ3n) is 5.01. The maximum Gasteiger partial charge on any atom is 0.431 e. The summed E-state index contributed by atoms with van der Waals surface area (Å²) < 4.78 is 50.5. The van der Waals surface area contributed by atoms with Crippen molar-refractivity contribution in [3.8, 4) is 0 Å². The predicted octanol–water partition coefficient (Wildman–Crippen LogP) is 1.14. The van der Waals surface area contributed by atoms with E-state index in [1.54, 1.807) is 26.8 Å². The second-order valence-corrected chi connectivity index (χ2v) is 9.28. The molecule has 2 aromatic rings. The number of rotatable bonds is 10. The molecule has 214 valence electrons. The Bertz CT molecular complexity index is 1220. The first kappa shape index (κ1) is 30.9. The second-order valence-electron chi connectivity index (χ2n) is 9.28. The minimum absolute atomic E-state index is 0.199. The van der Waals surface area contributed by atoms with Crippen LogP contribution in [0.2, 0.25) is 0 Å². The number of carbonyl (C=O) groups is 5. The Hall–Kier alpha value is -4.30. The number of methoxy groups -OCH3 is 1. The van der Waals surface area contributed by atoms with Gasteiger partial charge in [0.15, 0.2) is 0 Å². The fourth-order valence-electron chi connectivity index (χ4n) is 3.39. The zero-order valence-electron chi connectivity index (χ0n) is 21.7. The molecule has 0 spiro atoms. The van der Waals surface area contributed by atoms with Gasteiger partial charge >= 0.3 is 18.2 Å². The Labute approximate surface area is 221 Å². The molecule has 0 aliphatic rings. The van der Waals surface area contributed by atoms with E-state index in [2.05, 4.69) is 31.0 Å². The van der Waals surface area contributed by atoms with E-state index in [4.69, 9.17) is 4.74 Å². The Kier molecular flexibility index (Phi) is 10.3. The van der Waals surface area contributed by atoms with E-state index in [1.165, 1.54) is 18.2 Å². The number of para-hydroxylation sites is 1. The van der Waals surface area contributed by atoms with Gasteiger partial charge in [0.05, 0.1) is 20.2 Å². The molecule has 0 aliphatic heterocycles. The number of H-pyrrole nitrogens is 1. The Balaban J connectivity index is 1.92. The highest BCUT2D eigenvalue weighted by Gasteiger charge is 2.38. The minimum Gasteiger partial charge on any atom is -0.467 e. The molecule has 0 radical (unpaired) electrons. The van der Waals surface area contributed by atoms with Crippen molar-refractivity contribution in [1.29, 1.82) is 0 Å². The van der Waals surface area contributed by atoms with Gasteiger partial charge < -0.3 is 35.7 Å².